The number of hydrogen-bond acceptors (Lipinski definition) is 0. The Morgan fingerprint density at radius 1 is 0.529 bits per heavy atom. The van der Waals surface area contributed by atoms with Crippen LogP contribution in [0.1, 0.15) is 33.7 Å². The molecule has 0 N–H and O–H groups in total. The van der Waals surface area contributed by atoms with Crippen LogP contribution < -0.4 is 0 Å². The monoisotopic (exact) mass is 435 g/mol. The maximum Gasteiger partial charge on any atom is 0.0541 e. The molecule has 0 fully saturated rings. The molecule has 0 saturated carbocycles. The molecule has 5 aromatic carbocycles. The summed E-state index contributed by atoms with van der Waals surface area (Å²) in [5.74, 6) is 0.279. The number of nitrogens with zero attached hydrogens (tertiary/aromatic N) is 1. The first-order valence-corrected chi connectivity index (χ1v) is 12.0. The third-order valence-electron chi connectivity index (χ3n) is 7.39. The van der Waals surface area contributed by atoms with Crippen molar-refractivity contribution in [3.05, 3.63) is 137 Å². The first-order valence-electron chi connectivity index (χ1n) is 12.0. The smallest absolute Gasteiger partial charge is 0.0541 e. The average Bonchev–Trinajstić information content (AvgIpc) is 3.37. The predicted octanol–water partition coefficient (Wildman–Crippen LogP) is 8.56. The lowest BCUT2D eigenvalue weighted by Crippen LogP contribution is -2.00. The van der Waals surface area contributed by atoms with Gasteiger partial charge in [0.05, 0.1) is 11.0 Å². The van der Waals surface area contributed by atoms with Crippen LogP contribution in [0.25, 0.3) is 38.6 Å². The highest BCUT2D eigenvalue weighted by atomic mass is 15.0. The van der Waals surface area contributed by atoms with Crippen molar-refractivity contribution < 1.29 is 0 Å². The summed E-state index contributed by atoms with van der Waals surface area (Å²) in [7, 11) is 0. The summed E-state index contributed by atoms with van der Waals surface area (Å²) in [6.07, 6.45) is 0. The lowest BCUT2D eigenvalue weighted by atomic mass is 9.89. The van der Waals surface area contributed by atoms with Crippen molar-refractivity contribution >= 4 is 21.8 Å². The summed E-state index contributed by atoms with van der Waals surface area (Å²) < 4.78 is 2.40. The summed E-state index contributed by atoms with van der Waals surface area (Å²) in [6, 6.07) is 40.5. The zero-order valence-electron chi connectivity index (χ0n) is 19.4. The Morgan fingerprint density at radius 3 is 2.09 bits per heavy atom. The second kappa shape index (κ2) is 7.20. The highest BCUT2D eigenvalue weighted by molar-refractivity contribution is 6.09. The Balaban J connectivity index is 1.40. The Morgan fingerprint density at radius 2 is 1.21 bits per heavy atom. The molecule has 7 rings (SSSR count). The number of aryl methyl sites for hydroxylation is 2. The van der Waals surface area contributed by atoms with E-state index in [1.165, 1.54) is 66.4 Å². The maximum absolute atomic E-state index is 2.40. The van der Waals surface area contributed by atoms with Gasteiger partial charge >= 0.3 is 0 Å². The number of fused-ring (bicyclic) bond motifs is 6. The number of hydrogen-bond donors (Lipinski definition) is 0. The van der Waals surface area contributed by atoms with Crippen LogP contribution in [0.2, 0.25) is 0 Å². The minimum Gasteiger partial charge on any atom is -0.309 e. The highest BCUT2D eigenvalue weighted by Crippen LogP contribution is 2.48. The van der Waals surface area contributed by atoms with Gasteiger partial charge in [0.25, 0.3) is 0 Å². The molecule has 34 heavy (non-hydrogen) atoms. The largest absolute Gasteiger partial charge is 0.309 e. The van der Waals surface area contributed by atoms with Crippen molar-refractivity contribution in [1.82, 2.24) is 4.57 Å². The van der Waals surface area contributed by atoms with E-state index in [-0.39, 0.29) is 5.92 Å². The summed E-state index contributed by atoms with van der Waals surface area (Å²) >= 11 is 0. The van der Waals surface area contributed by atoms with E-state index in [1.54, 1.807) is 0 Å². The molecule has 0 spiro atoms. The molecule has 0 radical (unpaired) electrons. The lowest BCUT2D eigenvalue weighted by molar-refractivity contribution is 1.01. The molecule has 1 nitrogen and oxygen atoms in total. The van der Waals surface area contributed by atoms with E-state index in [0.29, 0.717) is 0 Å². The van der Waals surface area contributed by atoms with E-state index in [0.717, 1.165) is 0 Å². The predicted molar refractivity (Wildman–Crippen MR) is 143 cm³/mol. The lowest BCUT2D eigenvalue weighted by Gasteiger charge is -2.16. The summed E-state index contributed by atoms with van der Waals surface area (Å²) in [4.78, 5) is 0. The summed E-state index contributed by atoms with van der Waals surface area (Å²) in [6.45, 7) is 4.34. The molecule has 1 atom stereocenters. The first-order chi connectivity index (χ1) is 16.7. The molecule has 0 bridgehead atoms. The van der Waals surface area contributed by atoms with Gasteiger partial charge in [-0.3, -0.25) is 0 Å². The Hall–Kier alpha value is -4.10. The van der Waals surface area contributed by atoms with Crippen molar-refractivity contribution in [1.29, 1.82) is 0 Å². The van der Waals surface area contributed by atoms with Gasteiger partial charge in [0.2, 0.25) is 0 Å². The van der Waals surface area contributed by atoms with Crippen LogP contribution in [0, 0.1) is 13.8 Å². The van der Waals surface area contributed by atoms with E-state index in [2.05, 4.69) is 128 Å². The molecule has 1 aliphatic carbocycles. The minimum absolute atomic E-state index is 0.279. The molecule has 0 aliphatic heterocycles. The van der Waals surface area contributed by atoms with Crippen molar-refractivity contribution in [2.45, 2.75) is 19.8 Å². The molecule has 1 heterocycles. The fraction of sp³-hybridized carbons (Fsp3) is 0.0909. The van der Waals surface area contributed by atoms with Crippen LogP contribution in [0.4, 0.5) is 0 Å². The van der Waals surface area contributed by atoms with Crippen LogP contribution in [-0.4, -0.2) is 4.57 Å². The van der Waals surface area contributed by atoms with Gasteiger partial charge in [-0.15, -0.1) is 0 Å². The number of para-hydroxylation sites is 1. The molecule has 162 valence electrons. The van der Waals surface area contributed by atoms with E-state index in [1.807, 2.05) is 0 Å². The van der Waals surface area contributed by atoms with Gasteiger partial charge in [-0.25, -0.2) is 0 Å². The van der Waals surface area contributed by atoms with Crippen molar-refractivity contribution in [2.24, 2.45) is 0 Å². The standard InChI is InChI=1S/C33H25N/c1-21-11-17-28-29(19-21)25-7-3-4-9-27(25)33(28)23-13-15-24(16-14-23)34-31-10-6-5-8-26(31)30-20-22(2)12-18-32(30)34/h3-20,33H,1-2H3. The van der Waals surface area contributed by atoms with Crippen LogP contribution in [0.5, 0.6) is 0 Å². The van der Waals surface area contributed by atoms with Gasteiger partial charge < -0.3 is 4.57 Å². The molecule has 0 amide bonds. The van der Waals surface area contributed by atoms with Gasteiger partial charge in [-0.2, -0.15) is 0 Å². The normalized spacial score (nSPS) is 14.5. The quantitative estimate of drug-likeness (QED) is 0.256. The minimum atomic E-state index is 0.279. The SMILES string of the molecule is Cc1ccc2c(c1)-c1ccccc1C2c1ccc(-n2c3ccccc3c3cc(C)ccc32)cc1. The van der Waals surface area contributed by atoms with Gasteiger partial charge in [-0.05, 0) is 72.0 Å². The number of benzene rings is 5. The van der Waals surface area contributed by atoms with Gasteiger partial charge in [-0.1, -0.05) is 90.0 Å². The molecule has 0 saturated heterocycles. The second-order valence-electron chi connectivity index (χ2n) is 9.58. The van der Waals surface area contributed by atoms with Gasteiger partial charge in [0, 0.05) is 22.4 Å². The zero-order valence-corrected chi connectivity index (χ0v) is 19.4. The molecule has 1 heteroatoms. The molecule has 1 aromatic heterocycles. The fourth-order valence-corrected chi connectivity index (χ4v) is 5.86. The van der Waals surface area contributed by atoms with Crippen molar-refractivity contribution in [2.75, 3.05) is 0 Å². The summed E-state index contributed by atoms with van der Waals surface area (Å²) in [5, 5.41) is 2.62. The molecule has 6 aromatic rings. The van der Waals surface area contributed by atoms with Crippen LogP contribution >= 0.6 is 0 Å². The average molecular weight is 436 g/mol. The van der Waals surface area contributed by atoms with E-state index < -0.39 is 0 Å². The van der Waals surface area contributed by atoms with Crippen molar-refractivity contribution in [3.63, 3.8) is 0 Å². The van der Waals surface area contributed by atoms with Crippen LogP contribution in [-0.2, 0) is 0 Å². The number of aromatic nitrogens is 1. The Labute approximate surface area is 199 Å². The van der Waals surface area contributed by atoms with E-state index in [9.17, 15) is 0 Å². The Bertz CT molecular complexity index is 1720. The van der Waals surface area contributed by atoms with Crippen LogP contribution in [0.15, 0.2) is 109 Å². The third-order valence-corrected chi connectivity index (χ3v) is 7.39. The third kappa shape index (κ3) is 2.74. The highest BCUT2D eigenvalue weighted by Gasteiger charge is 2.29. The molecule has 1 aliphatic rings. The Kier molecular flexibility index (Phi) is 4.10. The van der Waals surface area contributed by atoms with Crippen molar-refractivity contribution in [3.8, 4) is 16.8 Å². The zero-order chi connectivity index (χ0) is 22.8. The second-order valence-corrected chi connectivity index (χ2v) is 9.58. The molecular formula is C33H25N. The summed E-state index contributed by atoms with van der Waals surface area (Å²) in [5.41, 5.74) is 13.2. The van der Waals surface area contributed by atoms with E-state index in [4.69, 9.17) is 0 Å². The first kappa shape index (κ1) is 19.4. The maximum atomic E-state index is 2.40. The van der Waals surface area contributed by atoms with Crippen LogP contribution in [0.3, 0.4) is 0 Å². The topological polar surface area (TPSA) is 4.93 Å². The fourth-order valence-electron chi connectivity index (χ4n) is 5.86. The van der Waals surface area contributed by atoms with E-state index >= 15 is 0 Å². The van der Waals surface area contributed by atoms with Gasteiger partial charge in [0.1, 0.15) is 0 Å². The molecule has 1 unspecified atom stereocenters. The molecular weight excluding hydrogens is 410 g/mol. The van der Waals surface area contributed by atoms with Gasteiger partial charge in [0.15, 0.2) is 0 Å². The number of rotatable bonds is 2.